The maximum absolute atomic E-state index is 9.64. The molecule has 0 radical (unpaired) electrons. The van der Waals surface area contributed by atoms with E-state index in [0.29, 0.717) is 5.11 Å². The lowest BCUT2D eigenvalue weighted by Crippen LogP contribution is -2.30. The standard InChI is InChI=1S/C20H20N4OS/c1-13-6-11-17(23(13)2)19-18(16-5-3-4-12-21-16)22-20(26)24(19)14-7-9-15(25)10-8-14/h3-12,18-19,25H,1-2H3,(H,22,26)/t18-,19-/m0/s1. The molecule has 2 N–H and O–H groups in total. The number of pyridine rings is 1. The first-order valence-corrected chi connectivity index (χ1v) is 8.89. The molecular weight excluding hydrogens is 344 g/mol. The van der Waals surface area contributed by atoms with Crippen molar-refractivity contribution in [3.05, 3.63) is 77.9 Å². The Morgan fingerprint density at radius 1 is 1.08 bits per heavy atom. The van der Waals surface area contributed by atoms with Crippen LogP contribution in [0.4, 0.5) is 5.69 Å². The summed E-state index contributed by atoms with van der Waals surface area (Å²) in [6.07, 6.45) is 1.80. The molecule has 0 bridgehead atoms. The number of aromatic nitrogens is 2. The van der Waals surface area contributed by atoms with E-state index in [-0.39, 0.29) is 17.8 Å². The highest BCUT2D eigenvalue weighted by Crippen LogP contribution is 2.41. The molecule has 3 heterocycles. The summed E-state index contributed by atoms with van der Waals surface area (Å²) in [5.41, 5.74) is 4.21. The molecular formula is C20H20N4OS. The van der Waals surface area contributed by atoms with E-state index < -0.39 is 0 Å². The summed E-state index contributed by atoms with van der Waals surface area (Å²) in [4.78, 5) is 6.65. The Morgan fingerprint density at radius 3 is 2.46 bits per heavy atom. The van der Waals surface area contributed by atoms with Crippen LogP contribution < -0.4 is 10.2 Å². The van der Waals surface area contributed by atoms with Crippen molar-refractivity contribution < 1.29 is 5.11 Å². The van der Waals surface area contributed by atoms with E-state index in [0.717, 1.165) is 17.1 Å². The molecule has 5 nitrogen and oxygen atoms in total. The highest BCUT2D eigenvalue weighted by molar-refractivity contribution is 7.80. The van der Waals surface area contributed by atoms with Crippen molar-refractivity contribution >= 4 is 23.0 Å². The summed E-state index contributed by atoms with van der Waals surface area (Å²) in [5.74, 6) is 0.236. The minimum atomic E-state index is -0.0643. The predicted octanol–water partition coefficient (Wildman–Crippen LogP) is 3.61. The van der Waals surface area contributed by atoms with Crippen LogP contribution in [0.3, 0.4) is 0 Å². The number of thiocarbonyl (C=S) groups is 1. The molecule has 2 atom stereocenters. The minimum absolute atomic E-state index is 0.0411. The molecule has 4 rings (SSSR count). The zero-order valence-electron chi connectivity index (χ0n) is 14.6. The number of aryl methyl sites for hydroxylation is 1. The first-order chi connectivity index (χ1) is 12.6. The number of phenols is 1. The number of hydrogen-bond donors (Lipinski definition) is 2. The molecule has 1 aliphatic rings. The van der Waals surface area contributed by atoms with Gasteiger partial charge in [-0.05, 0) is 67.7 Å². The van der Waals surface area contributed by atoms with Gasteiger partial charge in [-0.1, -0.05) is 6.07 Å². The van der Waals surface area contributed by atoms with Crippen molar-refractivity contribution in [3.63, 3.8) is 0 Å². The van der Waals surface area contributed by atoms with Gasteiger partial charge >= 0.3 is 0 Å². The van der Waals surface area contributed by atoms with Gasteiger partial charge in [0.1, 0.15) is 11.8 Å². The third-order valence-corrected chi connectivity index (χ3v) is 5.26. The molecule has 0 saturated carbocycles. The van der Waals surface area contributed by atoms with E-state index in [1.54, 1.807) is 18.3 Å². The topological polar surface area (TPSA) is 53.3 Å². The molecule has 0 aliphatic carbocycles. The number of phenolic OH excluding ortho intramolecular Hbond substituents is 1. The second kappa shape index (κ2) is 6.46. The van der Waals surface area contributed by atoms with E-state index in [1.165, 1.54) is 5.69 Å². The van der Waals surface area contributed by atoms with Crippen LogP contribution in [0.1, 0.15) is 29.2 Å². The Labute approximate surface area is 157 Å². The van der Waals surface area contributed by atoms with Crippen molar-refractivity contribution in [1.29, 1.82) is 0 Å². The molecule has 0 spiro atoms. The Hall–Kier alpha value is -2.86. The molecule has 1 aromatic carbocycles. The van der Waals surface area contributed by atoms with Gasteiger partial charge in [-0.15, -0.1) is 0 Å². The van der Waals surface area contributed by atoms with Crippen LogP contribution >= 0.6 is 12.2 Å². The van der Waals surface area contributed by atoms with Gasteiger partial charge < -0.3 is 19.9 Å². The lowest BCUT2D eigenvalue weighted by molar-refractivity contribution is 0.475. The fraction of sp³-hybridized carbons (Fsp3) is 0.200. The maximum Gasteiger partial charge on any atom is 0.174 e. The van der Waals surface area contributed by atoms with E-state index in [2.05, 4.69) is 45.9 Å². The summed E-state index contributed by atoms with van der Waals surface area (Å²) in [6.45, 7) is 2.09. The first kappa shape index (κ1) is 16.6. The van der Waals surface area contributed by atoms with Crippen LogP contribution in [0.15, 0.2) is 60.8 Å². The fourth-order valence-electron chi connectivity index (χ4n) is 3.48. The zero-order valence-corrected chi connectivity index (χ0v) is 15.4. The Balaban J connectivity index is 1.85. The van der Waals surface area contributed by atoms with E-state index in [9.17, 15) is 5.11 Å². The van der Waals surface area contributed by atoms with Gasteiger partial charge in [0.05, 0.1) is 11.7 Å². The van der Waals surface area contributed by atoms with Crippen molar-refractivity contribution in [1.82, 2.24) is 14.9 Å². The number of nitrogens with zero attached hydrogens (tertiary/aromatic N) is 3. The molecule has 3 aromatic rings. The Bertz CT molecular complexity index is 936. The highest BCUT2D eigenvalue weighted by Gasteiger charge is 2.41. The molecule has 6 heteroatoms. The molecule has 0 amide bonds. The van der Waals surface area contributed by atoms with Crippen LogP contribution in [-0.2, 0) is 7.05 Å². The summed E-state index contributed by atoms with van der Waals surface area (Å²) < 4.78 is 2.18. The average Bonchev–Trinajstić information content (AvgIpc) is 3.16. The van der Waals surface area contributed by atoms with Crippen LogP contribution in [0.25, 0.3) is 0 Å². The monoisotopic (exact) mass is 364 g/mol. The fourth-order valence-corrected chi connectivity index (χ4v) is 3.82. The third kappa shape index (κ3) is 2.72. The molecule has 1 saturated heterocycles. The van der Waals surface area contributed by atoms with Crippen LogP contribution in [0.2, 0.25) is 0 Å². The van der Waals surface area contributed by atoms with Crippen LogP contribution in [0.5, 0.6) is 5.75 Å². The summed E-state index contributed by atoms with van der Waals surface area (Å²) in [5, 5.41) is 13.7. The molecule has 1 aliphatic heterocycles. The largest absolute Gasteiger partial charge is 0.508 e. The quantitative estimate of drug-likeness (QED) is 0.696. The second-order valence-electron chi connectivity index (χ2n) is 6.47. The Morgan fingerprint density at radius 2 is 1.85 bits per heavy atom. The third-order valence-electron chi connectivity index (χ3n) is 4.94. The smallest absolute Gasteiger partial charge is 0.174 e. The van der Waals surface area contributed by atoms with Gasteiger partial charge in [0.2, 0.25) is 0 Å². The van der Waals surface area contributed by atoms with Gasteiger partial charge in [-0.2, -0.15) is 0 Å². The number of aromatic hydroxyl groups is 1. The second-order valence-corrected chi connectivity index (χ2v) is 6.86. The minimum Gasteiger partial charge on any atom is -0.508 e. The molecule has 26 heavy (non-hydrogen) atoms. The van der Waals surface area contributed by atoms with Gasteiger partial charge in [-0.25, -0.2) is 0 Å². The van der Waals surface area contributed by atoms with Gasteiger partial charge in [-0.3, -0.25) is 4.98 Å². The van der Waals surface area contributed by atoms with Crippen molar-refractivity contribution in [2.75, 3.05) is 4.90 Å². The number of hydrogen-bond acceptors (Lipinski definition) is 3. The lowest BCUT2D eigenvalue weighted by atomic mass is 10.0. The van der Waals surface area contributed by atoms with Gasteiger partial charge in [0, 0.05) is 30.3 Å². The number of rotatable bonds is 3. The number of nitrogens with one attached hydrogen (secondary N) is 1. The summed E-state index contributed by atoms with van der Waals surface area (Å²) in [6, 6.07) is 17.2. The van der Waals surface area contributed by atoms with Gasteiger partial charge in [0.25, 0.3) is 0 Å². The normalized spacial score (nSPS) is 19.6. The van der Waals surface area contributed by atoms with E-state index >= 15 is 0 Å². The number of anilines is 1. The van der Waals surface area contributed by atoms with Crippen molar-refractivity contribution in [3.8, 4) is 5.75 Å². The SMILES string of the molecule is Cc1ccc([C@H]2[C@H](c3ccccn3)NC(=S)N2c2ccc(O)cc2)n1C. The lowest BCUT2D eigenvalue weighted by Gasteiger charge is -2.28. The zero-order chi connectivity index (χ0) is 18.3. The van der Waals surface area contributed by atoms with Crippen LogP contribution in [0, 0.1) is 6.92 Å². The van der Waals surface area contributed by atoms with Crippen LogP contribution in [-0.4, -0.2) is 19.8 Å². The molecule has 1 fully saturated rings. The molecule has 132 valence electrons. The first-order valence-electron chi connectivity index (χ1n) is 8.48. The molecule has 2 aromatic heterocycles. The average molecular weight is 364 g/mol. The Kier molecular flexibility index (Phi) is 4.12. The highest BCUT2D eigenvalue weighted by atomic mass is 32.1. The predicted molar refractivity (Wildman–Crippen MR) is 106 cm³/mol. The van der Waals surface area contributed by atoms with Gasteiger partial charge in [0.15, 0.2) is 5.11 Å². The molecule has 0 unspecified atom stereocenters. The van der Waals surface area contributed by atoms with E-state index in [4.69, 9.17) is 12.2 Å². The van der Waals surface area contributed by atoms with Crippen molar-refractivity contribution in [2.24, 2.45) is 7.05 Å². The number of benzene rings is 1. The van der Waals surface area contributed by atoms with E-state index in [1.807, 2.05) is 30.3 Å². The summed E-state index contributed by atoms with van der Waals surface area (Å²) in [7, 11) is 2.07. The van der Waals surface area contributed by atoms with Crippen molar-refractivity contribution in [2.45, 2.75) is 19.0 Å². The summed E-state index contributed by atoms with van der Waals surface area (Å²) >= 11 is 5.67. The maximum atomic E-state index is 9.64.